The number of rotatable bonds is 2. The summed E-state index contributed by atoms with van der Waals surface area (Å²) >= 11 is 0. The molecule has 1 saturated carbocycles. The van der Waals surface area contributed by atoms with Gasteiger partial charge >= 0.3 is 0 Å². The molecule has 0 radical (unpaired) electrons. The minimum atomic E-state index is 0.590. The Morgan fingerprint density at radius 3 is 2.87 bits per heavy atom. The second-order valence-electron chi connectivity index (χ2n) is 3.88. The number of nitrogens with two attached hydrogens (primary N) is 1. The maximum Gasteiger partial charge on any atom is 0.0832 e. The fourth-order valence-corrected chi connectivity index (χ4v) is 1.82. The molecule has 0 unspecified atom stereocenters. The normalized spacial score (nSPS) is 15.5. The summed E-state index contributed by atoms with van der Waals surface area (Å²) in [6.45, 7) is 0. The van der Waals surface area contributed by atoms with Crippen LogP contribution in [0.5, 0.6) is 0 Å². The van der Waals surface area contributed by atoms with Crippen LogP contribution in [0.15, 0.2) is 30.7 Å². The van der Waals surface area contributed by atoms with E-state index in [-0.39, 0.29) is 0 Å². The third-order valence-corrected chi connectivity index (χ3v) is 2.69. The first-order chi connectivity index (χ1) is 7.36. The van der Waals surface area contributed by atoms with Crippen LogP contribution < -0.4 is 5.73 Å². The van der Waals surface area contributed by atoms with E-state index >= 15 is 0 Å². The summed E-state index contributed by atoms with van der Waals surface area (Å²) in [6.07, 6.45) is 7.72. The van der Waals surface area contributed by atoms with Crippen molar-refractivity contribution in [2.24, 2.45) is 0 Å². The molecule has 4 nitrogen and oxygen atoms in total. The summed E-state index contributed by atoms with van der Waals surface area (Å²) in [7, 11) is 0. The second kappa shape index (κ2) is 3.08. The monoisotopic (exact) mass is 200 g/mol. The Bertz CT molecular complexity index is 471. The Morgan fingerprint density at radius 2 is 2.20 bits per heavy atom. The van der Waals surface area contributed by atoms with E-state index < -0.39 is 0 Å². The molecule has 4 heteroatoms. The van der Waals surface area contributed by atoms with Crippen molar-refractivity contribution < 1.29 is 0 Å². The molecule has 0 aliphatic heterocycles. The average Bonchev–Trinajstić information content (AvgIpc) is 3.03. The number of nitrogen functional groups attached to an aromatic ring is 1. The molecule has 15 heavy (non-hydrogen) atoms. The van der Waals surface area contributed by atoms with Crippen LogP contribution in [0.4, 0.5) is 5.69 Å². The highest BCUT2D eigenvalue weighted by Crippen LogP contribution is 2.43. The summed E-state index contributed by atoms with van der Waals surface area (Å²) in [6, 6.07) is 3.90. The molecule has 0 saturated heterocycles. The van der Waals surface area contributed by atoms with E-state index in [0.29, 0.717) is 5.92 Å². The number of hydrogen-bond acceptors (Lipinski definition) is 3. The standard InChI is InChI=1S/C11H12N4/c12-10-7-14-15(11(10)8-3-4-8)9-2-1-5-13-6-9/h1-2,5-8H,3-4,12H2. The first-order valence-corrected chi connectivity index (χ1v) is 5.10. The Hall–Kier alpha value is -1.84. The van der Waals surface area contributed by atoms with Crippen molar-refractivity contribution >= 4 is 5.69 Å². The quantitative estimate of drug-likeness (QED) is 0.803. The zero-order valence-corrected chi connectivity index (χ0v) is 8.30. The van der Waals surface area contributed by atoms with Gasteiger partial charge in [-0.2, -0.15) is 5.10 Å². The van der Waals surface area contributed by atoms with Gasteiger partial charge in [-0.3, -0.25) is 4.98 Å². The first kappa shape index (κ1) is 8.47. The summed E-state index contributed by atoms with van der Waals surface area (Å²) in [5.41, 5.74) is 8.83. The minimum absolute atomic E-state index is 0.590. The number of pyridine rings is 1. The fourth-order valence-electron chi connectivity index (χ4n) is 1.82. The predicted molar refractivity (Wildman–Crippen MR) is 57.7 cm³/mol. The molecule has 0 amide bonds. The van der Waals surface area contributed by atoms with E-state index in [4.69, 9.17) is 5.73 Å². The van der Waals surface area contributed by atoms with E-state index in [1.165, 1.54) is 12.8 Å². The Balaban J connectivity index is 2.12. The van der Waals surface area contributed by atoms with Crippen molar-refractivity contribution in [1.29, 1.82) is 0 Å². The van der Waals surface area contributed by atoms with E-state index in [1.807, 2.05) is 16.8 Å². The molecule has 1 fully saturated rings. The van der Waals surface area contributed by atoms with Crippen molar-refractivity contribution in [3.63, 3.8) is 0 Å². The van der Waals surface area contributed by atoms with Crippen molar-refractivity contribution in [3.05, 3.63) is 36.4 Å². The molecule has 0 bridgehead atoms. The van der Waals surface area contributed by atoms with Gasteiger partial charge in [0.05, 0.1) is 29.5 Å². The van der Waals surface area contributed by atoms with Gasteiger partial charge in [0.2, 0.25) is 0 Å². The van der Waals surface area contributed by atoms with Gasteiger partial charge in [-0.15, -0.1) is 0 Å². The lowest BCUT2D eigenvalue weighted by Crippen LogP contribution is -2.02. The highest BCUT2D eigenvalue weighted by Gasteiger charge is 2.29. The number of aromatic nitrogens is 3. The predicted octanol–water partition coefficient (Wildman–Crippen LogP) is 1.73. The smallest absolute Gasteiger partial charge is 0.0832 e. The molecule has 3 rings (SSSR count). The molecule has 1 aliphatic carbocycles. The molecule has 0 spiro atoms. The summed E-state index contributed by atoms with van der Waals surface area (Å²) in [5, 5.41) is 4.30. The Kier molecular flexibility index (Phi) is 1.74. The Morgan fingerprint density at radius 1 is 1.33 bits per heavy atom. The number of anilines is 1. The molecular formula is C11H12N4. The highest BCUT2D eigenvalue weighted by molar-refractivity contribution is 5.48. The zero-order chi connectivity index (χ0) is 10.3. The van der Waals surface area contributed by atoms with Crippen molar-refractivity contribution in [3.8, 4) is 5.69 Å². The first-order valence-electron chi connectivity index (χ1n) is 5.10. The molecule has 1 aliphatic rings. The minimum Gasteiger partial charge on any atom is -0.396 e. The van der Waals surface area contributed by atoms with Crippen LogP contribution in [0.2, 0.25) is 0 Å². The maximum absolute atomic E-state index is 5.92. The Labute approximate surface area is 87.7 Å². The van der Waals surface area contributed by atoms with Crippen molar-refractivity contribution in [2.45, 2.75) is 18.8 Å². The van der Waals surface area contributed by atoms with Crippen LogP contribution in [-0.2, 0) is 0 Å². The summed E-state index contributed by atoms with van der Waals surface area (Å²) < 4.78 is 1.90. The molecule has 2 aromatic rings. The van der Waals surface area contributed by atoms with E-state index in [9.17, 15) is 0 Å². The lowest BCUT2D eigenvalue weighted by Gasteiger charge is -2.06. The lowest BCUT2D eigenvalue weighted by molar-refractivity contribution is 0.805. The molecular weight excluding hydrogens is 188 g/mol. The molecule has 0 atom stereocenters. The second-order valence-corrected chi connectivity index (χ2v) is 3.88. The van der Waals surface area contributed by atoms with Crippen LogP contribution >= 0.6 is 0 Å². The van der Waals surface area contributed by atoms with E-state index in [1.54, 1.807) is 18.6 Å². The van der Waals surface area contributed by atoms with Crippen LogP contribution in [0.1, 0.15) is 24.5 Å². The van der Waals surface area contributed by atoms with Gasteiger partial charge in [0.15, 0.2) is 0 Å². The zero-order valence-electron chi connectivity index (χ0n) is 8.30. The number of nitrogens with zero attached hydrogens (tertiary/aromatic N) is 3. The highest BCUT2D eigenvalue weighted by atomic mass is 15.3. The van der Waals surface area contributed by atoms with Gasteiger partial charge < -0.3 is 5.73 Å². The topological polar surface area (TPSA) is 56.7 Å². The van der Waals surface area contributed by atoms with Crippen LogP contribution in [0, 0.1) is 0 Å². The summed E-state index contributed by atoms with van der Waals surface area (Å²) in [5.74, 6) is 0.590. The van der Waals surface area contributed by atoms with Gasteiger partial charge in [0.1, 0.15) is 0 Å². The molecule has 2 N–H and O–H groups in total. The van der Waals surface area contributed by atoms with Gasteiger partial charge in [0, 0.05) is 12.1 Å². The third-order valence-electron chi connectivity index (χ3n) is 2.69. The van der Waals surface area contributed by atoms with E-state index in [0.717, 1.165) is 17.1 Å². The largest absolute Gasteiger partial charge is 0.396 e. The molecule has 0 aromatic carbocycles. The van der Waals surface area contributed by atoms with E-state index in [2.05, 4.69) is 10.1 Å². The van der Waals surface area contributed by atoms with Gasteiger partial charge in [-0.1, -0.05) is 0 Å². The van der Waals surface area contributed by atoms with Crippen molar-refractivity contribution in [2.75, 3.05) is 5.73 Å². The fraction of sp³-hybridized carbons (Fsp3) is 0.273. The number of hydrogen-bond donors (Lipinski definition) is 1. The molecule has 2 heterocycles. The summed E-state index contributed by atoms with van der Waals surface area (Å²) in [4.78, 5) is 4.09. The average molecular weight is 200 g/mol. The van der Waals surface area contributed by atoms with Gasteiger partial charge in [-0.25, -0.2) is 4.68 Å². The van der Waals surface area contributed by atoms with Crippen LogP contribution in [0.25, 0.3) is 5.69 Å². The SMILES string of the molecule is Nc1cnn(-c2cccnc2)c1C1CC1. The maximum atomic E-state index is 5.92. The van der Waals surface area contributed by atoms with Crippen LogP contribution in [0.3, 0.4) is 0 Å². The lowest BCUT2D eigenvalue weighted by atomic mass is 10.2. The van der Waals surface area contributed by atoms with Crippen molar-refractivity contribution in [1.82, 2.24) is 14.8 Å². The van der Waals surface area contributed by atoms with Crippen LogP contribution in [-0.4, -0.2) is 14.8 Å². The van der Waals surface area contributed by atoms with Gasteiger partial charge in [-0.05, 0) is 25.0 Å². The van der Waals surface area contributed by atoms with Gasteiger partial charge in [0.25, 0.3) is 0 Å². The molecule has 76 valence electrons. The molecule has 2 aromatic heterocycles. The third kappa shape index (κ3) is 1.38.